The molecule has 3 rings (SSSR count). The van der Waals surface area contributed by atoms with Gasteiger partial charge >= 0.3 is 5.97 Å². The lowest BCUT2D eigenvalue weighted by atomic mass is 9.72. The summed E-state index contributed by atoms with van der Waals surface area (Å²) in [7, 11) is 1.38. The van der Waals surface area contributed by atoms with E-state index in [9.17, 15) is 9.59 Å². The predicted molar refractivity (Wildman–Crippen MR) is 131 cm³/mol. The molecule has 1 N–H and O–H groups in total. The van der Waals surface area contributed by atoms with Gasteiger partial charge < -0.3 is 14.8 Å². The number of anilines is 1. The zero-order valence-corrected chi connectivity index (χ0v) is 20.4. The minimum atomic E-state index is -0.390. The largest absolute Gasteiger partial charge is 0.494 e. The number of thiophene rings is 1. The van der Waals surface area contributed by atoms with Crippen molar-refractivity contribution >= 4 is 34.3 Å². The molecule has 1 heterocycles. The van der Waals surface area contributed by atoms with Gasteiger partial charge in [-0.25, -0.2) is 4.79 Å². The maximum Gasteiger partial charge on any atom is 0.341 e. The molecule has 1 aliphatic rings. The average molecular weight is 456 g/mol. The van der Waals surface area contributed by atoms with Gasteiger partial charge in [0, 0.05) is 11.0 Å². The van der Waals surface area contributed by atoms with Crippen LogP contribution in [-0.4, -0.2) is 25.6 Å². The third-order valence-electron chi connectivity index (χ3n) is 5.90. The standard InChI is InChI=1S/C26H33NO4S/c1-6-15-31-19-11-7-17(8-12-19)9-14-22(28)27-24-23(25(29)30-5)20-13-10-18(26(2,3)4)16-21(20)32-24/h7-9,11-12,14,18H,6,10,13,15-16H2,1-5H3,(H,27,28)/b14-9+. The third kappa shape index (κ3) is 5.80. The third-order valence-corrected chi connectivity index (χ3v) is 7.07. The normalized spacial score (nSPS) is 16.0. The number of benzene rings is 1. The van der Waals surface area contributed by atoms with E-state index in [1.165, 1.54) is 29.4 Å². The molecule has 0 aliphatic heterocycles. The maximum atomic E-state index is 12.6. The van der Waals surface area contributed by atoms with E-state index in [-0.39, 0.29) is 11.3 Å². The number of fused-ring (bicyclic) bond motifs is 1. The Morgan fingerprint density at radius 1 is 1.22 bits per heavy atom. The monoisotopic (exact) mass is 455 g/mol. The molecular formula is C26H33NO4S. The van der Waals surface area contributed by atoms with E-state index in [0.717, 1.165) is 42.6 Å². The summed E-state index contributed by atoms with van der Waals surface area (Å²) in [5.41, 5.74) is 2.65. The Morgan fingerprint density at radius 3 is 2.56 bits per heavy atom. The minimum absolute atomic E-state index is 0.205. The number of amides is 1. The van der Waals surface area contributed by atoms with Gasteiger partial charge in [0.15, 0.2) is 0 Å². The zero-order chi connectivity index (χ0) is 23.3. The van der Waals surface area contributed by atoms with E-state index < -0.39 is 5.97 Å². The topological polar surface area (TPSA) is 64.6 Å². The van der Waals surface area contributed by atoms with Crippen LogP contribution in [0.15, 0.2) is 30.3 Å². The van der Waals surface area contributed by atoms with Crippen molar-refractivity contribution in [2.75, 3.05) is 19.0 Å². The smallest absolute Gasteiger partial charge is 0.341 e. The number of ether oxygens (including phenoxy) is 2. The Morgan fingerprint density at radius 2 is 1.94 bits per heavy atom. The fourth-order valence-electron chi connectivity index (χ4n) is 3.95. The second-order valence-corrected chi connectivity index (χ2v) is 10.4. The molecule has 6 heteroatoms. The second kappa shape index (κ2) is 10.3. The van der Waals surface area contributed by atoms with Crippen LogP contribution in [0.4, 0.5) is 5.00 Å². The molecular weight excluding hydrogens is 422 g/mol. The summed E-state index contributed by atoms with van der Waals surface area (Å²) in [6.45, 7) is 9.52. The molecule has 1 aromatic heterocycles. The number of carbonyl (C=O) groups excluding carboxylic acids is 2. The van der Waals surface area contributed by atoms with E-state index in [1.54, 1.807) is 6.08 Å². The molecule has 0 bridgehead atoms. The van der Waals surface area contributed by atoms with Gasteiger partial charge in [0.05, 0.1) is 19.3 Å². The number of hydrogen-bond donors (Lipinski definition) is 1. The summed E-state index contributed by atoms with van der Waals surface area (Å²) in [4.78, 5) is 26.3. The van der Waals surface area contributed by atoms with Crippen LogP contribution < -0.4 is 10.1 Å². The maximum absolute atomic E-state index is 12.6. The molecule has 5 nitrogen and oxygen atoms in total. The first-order valence-corrected chi connectivity index (χ1v) is 12.0. The molecule has 0 radical (unpaired) electrons. The summed E-state index contributed by atoms with van der Waals surface area (Å²) < 4.78 is 10.6. The number of nitrogens with one attached hydrogen (secondary N) is 1. The second-order valence-electron chi connectivity index (χ2n) is 9.25. The average Bonchev–Trinajstić information content (AvgIpc) is 3.12. The van der Waals surface area contributed by atoms with E-state index in [1.807, 2.05) is 24.3 Å². The van der Waals surface area contributed by atoms with Gasteiger partial charge in [0.2, 0.25) is 5.91 Å². The van der Waals surface area contributed by atoms with Gasteiger partial charge in [-0.1, -0.05) is 39.8 Å². The molecule has 32 heavy (non-hydrogen) atoms. The lowest BCUT2D eigenvalue weighted by molar-refractivity contribution is -0.111. The highest BCUT2D eigenvalue weighted by Crippen LogP contribution is 2.44. The first kappa shape index (κ1) is 24.1. The molecule has 1 atom stereocenters. The summed E-state index contributed by atoms with van der Waals surface area (Å²) in [6.07, 6.45) is 6.97. The highest BCUT2D eigenvalue weighted by Gasteiger charge is 2.34. The van der Waals surface area contributed by atoms with Crippen LogP contribution in [0.1, 0.15) is 66.9 Å². The number of rotatable bonds is 7. The fraction of sp³-hybridized carbons (Fsp3) is 0.462. The van der Waals surface area contributed by atoms with E-state index >= 15 is 0 Å². The summed E-state index contributed by atoms with van der Waals surface area (Å²) >= 11 is 1.50. The van der Waals surface area contributed by atoms with Crippen molar-refractivity contribution in [2.45, 2.75) is 53.4 Å². The summed E-state index contributed by atoms with van der Waals surface area (Å²) in [5, 5.41) is 3.49. The van der Waals surface area contributed by atoms with Crippen LogP contribution in [0.2, 0.25) is 0 Å². The molecule has 1 unspecified atom stereocenters. The van der Waals surface area contributed by atoms with Crippen molar-refractivity contribution in [2.24, 2.45) is 11.3 Å². The Kier molecular flexibility index (Phi) is 7.77. The Bertz CT molecular complexity index is 982. The summed E-state index contributed by atoms with van der Waals surface area (Å²) in [5.74, 6) is 0.701. The zero-order valence-electron chi connectivity index (χ0n) is 19.6. The van der Waals surface area contributed by atoms with Gasteiger partial charge in [0.1, 0.15) is 10.8 Å². The van der Waals surface area contributed by atoms with Gasteiger partial charge in [-0.15, -0.1) is 11.3 Å². The van der Waals surface area contributed by atoms with Crippen LogP contribution in [0.3, 0.4) is 0 Å². The van der Waals surface area contributed by atoms with Crippen molar-refractivity contribution in [1.82, 2.24) is 0 Å². The van der Waals surface area contributed by atoms with Crippen LogP contribution in [0.25, 0.3) is 6.08 Å². The van der Waals surface area contributed by atoms with Gasteiger partial charge in [-0.3, -0.25) is 4.79 Å². The van der Waals surface area contributed by atoms with Crippen molar-refractivity contribution < 1.29 is 19.1 Å². The predicted octanol–water partition coefficient (Wildman–Crippen LogP) is 6.13. The minimum Gasteiger partial charge on any atom is -0.494 e. The fourth-order valence-corrected chi connectivity index (χ4v) is 5.27. The summed E-state index contributed by atoms with van der Waals surface area (Å²) in [6, 6.07) is 7.60. The number of methoxy groups -OCH3 is 1. The van der Waals surface area contributed by atoms with E-state index in [4.69, 9.17) is 9.47 Å². The Labute approximate surface area is 194 Å². The Hall–Kier alpha value is -2.60. The van der Waals surface area contributed by atoms with E-state index in [0.29, 0.717) is 23.1 Å². The highest BCUT2D eigenvalue weighted by molar-refractivity contribution is 7.17. The SMILES string of the molecule is CCCOc1ccc(/C=C/C(=O)Nc2sc3c(c2C(=O)OC)CCC(C(C)(C)C)C3)cc1. The van der Waals surface area contributed by atoms with Crippen molar-refractivity contribution in [3.8, 4) is 5.75 Å². The highest BCUT2D eigenvalue weighted by atomic mass is 32.1. The quantitative estimate of drug-likeness (QED) is 0.403. The molecule has 0 saturated carbocycles. The van der Waals surface area contributed by atoms with Crippen molar-refractivity contribution in [3.63, 3.8) is 0 Å². The molecule has 1 aliphatic carbocycles. The first-order chi connectivity index (χ1) is 15.2. The first-order valence-electron chi connectivity index (χ1n) is 11.2. The van der Waals surface area contributed by atoms with Crippen molar-refractivity contribution in [1.29, 1.82) is 0 Å². The molecule has 2 aromatic rings. The van der Waals surface area contributed by atoms with Gasteiger partial charge in [0.25, 0.3) is 0 Å². The number of hydrogen-bond acceptors (Lipinski definition) is 5. The van der Waals surface area contributed by atoms with Crippen LogP contribution >= 0.6 is 11.3 Å². The molecule has 0 spiro atoms. The number of carbonyl (C=O) groups is 2. The van der Waals surface area contributed by atoms with Crippen LogP contribution in [-0.2, 0) is 22.4 Å². The molecule has 172 valence electrons. The van der Waals surface area contributed by atoms with Crippen molar-refractivity contribution in [3.05, 3.63) is 51.9 Å². The van der Waals surface area contributed by atoms with Crippen LogP contribution in [0, 0.1) is 11.3 Å². The van der Waals surface area contributed by atoms with Crippen LogP contribution in [0.5, 0.6) is 5.75 Å². The van der Waals surface area contributed by atoms with Gasteiger partial charge in [-0.05, 0) is 66.4 Å². The van der Waals surface area contributed by atoms with E-state index in [2.05, 4.69) is 33.0 Å². The molecule has 1 aromatic carbocycles. The number of esters is 1. The lowest BCUT2D eigenvalue weighted by Crippen LogP contribution is -2.26. The molecule has 1 amide bonds. The van der Waals surface area contributed by atoms with Gasteiger partial charge in [-0.2, -0.15) is 0 Å². The Balaban J connectivity index is 1.75. The lowest BCUT2D eigenvalue weighted by Gasteiger charge is -2.33. The molecule has 0 saturated heterocycles. The molecule has 0 fully saturated rings.